The maximum Gasteiger partial charge on any atom is 0.194 e. The number of hydrogen-bond acceptors (Lipinski definition) is 3. The smallest absolute Gasteiger partial charge is 0.194 e. The molecule has 134 valence electrons. The van der Waals surface area contributed by atoms with Gasteiger partial charge in [0, 0.05) is 33.1 Å². The van der Waals surface area contributed by atoms with Crippen LogP contribution in [-0.2, 0) is 0 Å². The van der Waals surface area contributed by atoms with Crippen molar-refractivity contribution in [2.24, 2.45) is 5.11 Å². The number of carbonyl (C=O) groups is 1. The van der Waals surface area contributed by atoms with E-state index in [-0.39, 0.29) is 5.78 Å². The van der Waals surface area contributed by atoms with E-state index in [9.17, 15) is 4.79 Å². The van der Waals surface area contributed by atoms with Gasteiger partial charge in [-0.15, -0.1) is 0 Å². The molecular formula is C21H17ClN4O. The standard InChI is InChI=1S/C21H17ClN4O/c1-13-7-8-16(25-26-23)11-18(13)21(27)17-10-9-15(12-19(17)22)24-20-6-4-3-5-14(20)2/h3-12,24H,1-2H3. The Bertz CT molecular complexity index is 1070. The van der Waals surface area contributed by atoms with Crippen molar-refractivity contribution in [1.29, 1.82) is 0 Å². The lowest BCUT2D eigenvalue weighted by atomic mass is 9.98. The molecule has 0 aliphatic rings. The summed E-state index contributed by atoms with van der Waals surface area (Å²) < 4.78 is 0. The predicted molar refractivity (Wildman–Crippen MR) is 109 cm³/mol. The first-order chi connectivity index (χ1) is 13.0. The number of ketones is 1. The third-order valence-corrected chi connectivity index (χ3v) is 4.58. The fraction of sp³-hybridized carbons (Fsp3) is 0.0952. The summed E-state index contributed by atoms with van der Waals surface area (Å²) in [6.45, 7) is 3.84. The molecule has 0 aromatic heterocycles. The normalized spacial score (nSPS) is 10.2. The van der Waals surface area contributed by atoms with E-state index >= 15 is 0 Å². The van der Waals surface area contributed by atoms with Crippen LogP contribution in [0.15, 0.2) is 65.8 Å². The van der Waals surface area contributed by atoms with Gasteiger partial charge in [0.15, 0.2) is 5.78 Å². The van der Waals surface area contributed by atoms with Crippen LogP contribution >= 0.6 is 11.6 Å². The monoisotopic (exact) mass is 376 g/mol. The molecule has 3 aromatic rings. The van der Waals surface area contributed by atoms with Crippen molar-refractivity contribution >= 4 is 34.4 Å². The molecule has 0 aliphatic heterocycles. The Morgan fingerprint density at radius 1 is 1.00 bits per heavy atom. The lowest BCUT2D eigenvalue weighted by molar-refractivity contribution is 0.103. The Kier molecular flexibility index (Phi) is 5.46. The maximum atomic E-state index is 12.9. The maximum absolute atomic E-state index is 12.9. The molecule has 0 unspecified atom stereocenters. The zero-order valence-electron chi connectivity index (χ0n) is 14.9. The van der Waals surface area contributed by atoms with Gasteiger partial charge in [-0.3, -0.25) is 4.79 Å². The number of azide groups is 1. The van der Waals surface area contributed by atoms with E-state index in [4.69, 9.17) is 17.1 Å². The summed E-state index contributed by atoms with van der Waals surface area (Å²) in [5, 5.41) is 7.22. The summed E-state index contributed by atoms with van der Waals surface area (Å²) in [4.78, 5) is 15.7. The topological polar surface area (TPSA) is 77.9 Å². The number of hydrogen-bond donors (Lipinski definition) is 1. The lowest BCUT2D eigenvalue weighted by Gasteiger charge is -2.12. The first-order valence-corrected chi connectivity index (χ1v) is 8.70. The van der Waals surface area contributed by atoms with Crippen LogP contribution in [0.3, 0.4) is 0 Å². The van der Waals surface area contributed by atoms with E-state index in [2.05, 4.69) is 15.3 Å². The van der Waals surface area contributed by atoms with Crippen molar-refractivity contribution in [2.75, 3.05) is 5.32 Å². The van der Waals surface area contributed by atoms with Crippen LogP contribution in [-0.4, -0.2) is 5.78 Å². The molecule has 0 heterocycles. The van der Waals surface area contributed by atoms with E-state index in [0.717, 1.165) is 22.5 Å². The molecule has 0 fully saturated rings. The van der Waals surface area contributed by atoms with Gasteiger partial charge in [0.25, 0.3) is 0 Å². The lowest BCUT2D eigenvalue weighted by Crippen LogP contribution is -2.05. The Balaban J connectivity index is 1.92. The molecule has 3 rings (SSSR count). The van der Waals surface area contributed by atoms with Crippen molar-refractivity contribution in [1.82, 2.24) is 0 Å². The highest BCUT2D eigenvalue weighted by Crippen LogP contribution is 2.28. The largest absolute Gasteiger partial charge is 0.355 e. The minimum absolute atomic E-state index is 0.213. The molecule has 0 amide bonds. The van der Waals surface area contributed by atoms with Gasteiger partial charge in [-0.05, 0) is 60.8 Å². The molecule has 0 bridgehead atoms. The summed E-state index contributed by atoms with van der Waals surface area (Å²) in [7, 11) is 0. The molecule has 5 nitrogen and oxygen atoms in total. The van der Waals surface area contributed by atoms with E-state index in [1.54, 1.807) is 30.3 Å². The van der Waals surface area contributed by atoms with Gasteiger partial charge in [-0.25, -0.2) is 0 Å². The quantitative estimate of drug-likeness (QED) is 0.228. The minimum atomic E-state index is -0.213. The minimum Gasteiger partial charge on any atom is -0.355 e. The number of nitrogens with zero attached hydrogens (tertiary/aromatic N) is 3. The molecule has 6 heteroatoms. The van der Waals surface area contributed by atoms with Gasteiger partial charge in [-0.2, -0.15) is 0 Å². The van der Waals surface area contributed by atoms with Crippen molar-refractivity contribution < 1.29 is 4.79 Å². The molecule has 0 saturated carbocycles. The van der Waals surface area contributed by atoms with Crippen LogP contribution in [0.1, 0.15) is 27.0 Å². The highest BCUT2D eigenvalue weighted by atomic mass is 35.5. The molecular weight excluding hydrogens is 360 g/mol. The summed E-state index contributed by atoms with van der Waals surface area (Å²) in [6.07, 6.45) is 0. The SMILES string of the molecule is Cc1ccccc1Nc1ccc(C(=O)c2cc(N=[N+]=[N-])ccc2C)c(Cl)c1. The Morgan fingerprint density at radius 3 is 2.48 bits per heavy atom. The Hall–Kier alpha value is -3.27. The number of aryl methyl sites for hydroxylation is 2. The fourth-order valence-corrected chi connectivity index (χ4v) is 3.03. The van der Waals surface area contributed by atoms with Crippen LogP contribution in [0.2, 0.25) is 5.02 Å². The van der Waals surface area contributed by atoms with E-state index in [0.29, 0.717) is 21.8 Å². The summed E-state index contributed by atoms with van der Waals surface area (Å²) in [6, 6.07) is 18.2. The van der Waals surface area contributed by atoms with Crippen molar-refractivity contribution in [3.8, 4) is 0 Å². The van der Waals surface area contributed by atoms with Gasteiger partial charge in [0.2, 0.25) is 0 Å². The second-order valence-electron chi connectivity index (χ2n) is 6.15. The van der Waals surface area contributed by atoms with Gasteiger partial charge in [0.1, 0.15) is 0 Å². The zero-order chi connectivity index (χ0) is 19.4. The van der Waals surface area contributed by atoms with E-state index in [1.165, 1.54) is 0 Å². The van der Waals surface area contributed by atoms with Gasteiger partial charge < -0.3 is 5.32 Å². The first kappa shape index (κ1) is 18.5. The second-order valence-corrected chi connectivity index (χ2v) is 6.56. The zero-order valence-corrected chi connectivity index (χ0v) is 15.7. The molecule has 27 heavy (non-hydrogen) atoms. The molecule has 0 saturated heterocycles. The number of halogens is 1. The Morgan fingerprint density at radius 2 is 1.78 bits per heavy atom. The van der Waals surface area contributed by atoms with Crippen molar-refractivity contribution in [3.05, 3.63) is 98.4 Å². The third kappa shape index (κ3) is 4.11. The summed E-state index contributed by atoms with van der Waals surface area (Å²) >= 11 is 6.39. The number of carbonyl (C=O) groups excluding carboxylic acids is 1. The van der Waals surface area contributed by atoms with Gasteiger partial charge in [-0.1, -0.05) is 47.0 Å². The average molecular weight is 377 g/mol. The summed E-state index contributed by atoms with van der Waals surface area (Å²) in [5.74, 6) is -0.213. The van der Waals surface area contributed by atoms with E-state index in [1.807, 2.05) is 44.2 Å². The molecule has 3 aromatic carbocycles. The average Bonchev–Trinajstić information content (AvgIpc) is 2.65. The van der Waals surface area contributed by atoms with Crippen LogP contribution < -0.4 is 5.32 Å². The molecule has 0 radical (unpaired) electrons. The van der Waals surface area contributed by atoms with Gasteiger partial charge >= 0.3 is 0 Å². The van der Waals surface area contributed by atoms with Crippen LogP contribution in [0.5, 0.6) is 0 Å². The van der Waals surface area contributed by atoms with E-state index < -0.39 is 0 Å². The summed E-state index contributed by atoms with van der Waals surface area (Å²) in [5.41, 5.74) is 13.5. The van der Waals surface area contributed by atoms with Crippen molar-refractivity contribution in [3.63, 3.8) is 0 Å². The molecule has 0 spiro atoms. The number of rotatable bonds is 5. The number of nitrogens with one attached hydrogen (secondary N) is 1. The fourth-order valence-electron chi connectivity index (χ4n) is 2.76. The van der Waals surface area contributed by atoms with Crippen LogP contribution in [0.25, 0.3) is 10.4 Å². The molecule has 0 atom stereocenters. The van der Waals surface area contributed by atoms with Gasteiger partial charge in [0.05, 0.1) is 5.02 Å². The first-order valence-electron chi connectivity index (χ1n) is 8.32. The van der Waals surface area contributed by atoms with Crippen LogP contribution in [0, 0.1) is 13.8 Å². The third-order valence-electron chi connectivity index (χ3n) is 4.26. The highest BCUT2D eigenvalue weighted by Gasteiger charge is 2.16. The highest BCUT2D eigenvalue weighted by molar-refractivity contribution is 6.35. The Labute approximate surface area is 162 Å². The molecule has 0 aliphatic carbocycles. The molecule has 1 N–H and O–H groups in total. The van der Waals surface area contributed by atoms with Crippen LogP contribution in [0.4, 0.5) is 17.1 Å². The predicted octanol–water partition coefficient (Wildman–Crippen LogP) is 6.87. The number of benzene rings is 3. The van der Waals surface area contributed by atoms with Crippen molar-refractivity contribution in [2.45, 2.75) is 13.8 Å². The second kappa shape index (κ2) is 7.96. The number of anilines is 2. The number of para-hydroxylation sites is 1.